The molecule has 0 aliphatic rings. The molecule has 0 radical (unpaired) electrons. The van der Waals surface area contributed by atoms with Gasteiger partial charge in [-0.2, -0.15) is 22.0 Å². The van der Waals surface area contributed by atoms with Gasteiger partial charge in [-0.1, -0.05) is 91.6 Å². The molecule has 8 heteroatoms. The number of halogens is 5. The Labute approximate surface area is 210 Å². The van der Waals surface area contributed by atoms with E-state index >= 15 is 0 Å². The van der Waals surface area contributed by atoms with Crippen molar-refractivity contribution in [2.24, 2.45) is 10.8 Å². The second kappa shape index (κ2) is 10.5. The highest BCUT2D eigenvalue weighted by Gasteiger charge is 2.58. The number of alkyl halides is 5. The van der Waals surface area contributed by atoms with E-state index in [0.29, 0.717) is 5.75 Å². The Bertz CT molecular complexity index is 1060. The first-order valence-electron chi connectivity index (χ1n) is 12.2. The number of esters is 1. The molecule has 1 unspecified atom stereocenters. The standard InChI is InChI=1S/C28H37F5O3/c1-8-24(3,4)17-26(7,25(5,6)9-2)21-14-10-13-20-19(21)12-11-15-22(20)35-16-23(34)36-18-27(29,30)28(31,32)33/h10-15H,8-9,16-18H2,1-7H3. The molecule has 0 N–H and O–H groups in total. The average molecular weight is 517 g/mol. The zero-order valence-corrected chi connectivity index (χ0v) is 22.1. The van der Waals surface area contributed by atoms with Crippen LogP contribution in [-0.4, -0.2) is 31.3 Å². The highest BCUT2D eigenvalue weighted by atomic mass is 19.4. The summed E-state index contributed by atoms with van der Waals surface area (Å²) in [6.07, 6.45) is -2.91. The number of carbonyl (C=O) groups excluding carboxylic acids is 1. The van der Waals surface area contributed by atoms with Crippen molar-refractivity contribution in [1.29, 1.82) is 0 Å². The summed E-state index contributed by atoms with van der Waals surface area (Å²) in [5, 5.41) is 1.65. The SMILES string of the molecule is CCC(C)(C)CC(C)(c1cccc2c(OCC(=O)OCC(F)(F)C(F)(F)F)cccc12)C(C)(C)CC. The van der Waals surface area contributed by atoms with E-state index in [2.05, 4.69) is 59.3 Å². The lowest BCUT2D eigenvalue weighted by Crippen LogP contribution is -2.42. The molecule has 0 aliphatic heterocycles. The van der Waals surface area contributed by atoms with Crippen LogP contribution in [0.4, 0.5) is 22.0 Å². The first-order valence-corrected chi connectivity index (χ1v) is 12.2. The maximum absolute atomic E-state index is 13.0. The summed E-state index contributed by atoms with van der Waals surface area (Å²) in [6, 6.07) is 11.2. The average Bonchev–Trinajstić information content (AvgIpc) is 2.79. The van der Waals surface area contributed by atoms with Gasteiger partial charge in [0.2, 0.25) is 0 Å². The molecule has 2 rings (SSSR count). The van der Waals surface area contributed by atoms with Crippen LogP contribution in [0.25, 0.3) is 10.8 Å². The normalized spacial score (nSPS) is 15.0. The number of benzene rings is 2. The van der Waals surface area contributed by atoms with E-state index in [0.717, 1.165) is 35.6 Å². The van der Waals surface area contributed by atoms with Crippen LogP contribution in [0.3, 0.4) is 0 Å². The highest BCUT2D eigenvalue weighted by molar-refractivity contribution is 5.92. The van der Waals surface area contributed by atoms with Crippen LogP contribution in [0, 0.1) is 10.8 Å². The third-order valence-corrected chi connectivity index (χ3v) is 7.82. The van der Waals surface area contributed by atoms with Crippen LogP contribution in [-0.2, 0) is 14.9 Å². The third kappa shape index (κ3) is 6.30. The van der Waals surface area contributed by atoms with Gasteiger partial charge in [0.1, 0.15) is 5.75 Å². The summed E-state index contributed by atoms with van der Waals surface area (Å²) in [6.45, 7) is 12.8. The van der Waals surface area contributed by atoms with Gasteiger partial charge in [0.25, 0.3) is 0 Å². The van der Waals surface area contributed by atoms with Crippen LogP contribution < -0.4 is 4.74 Å². The van der Waals surface area contributed by atoms with Crippen LogP contribution in [0.1, 0.15) is 73.3 Å². The molecule has 2 aromatic carbocycles. The van der Waals surface area contributed by atoms with Crippen LogP contribution in [0.5, 0.6) is 5.75 Å². The Morgan fingerprint density at radius 3 is 1.97 bits per heavy atom. The monoisotopic (exact) mass is 516 g/mol. The first kappa shape index (κ1) is 29.8. The number of ether oxygens (including phenoxy) is 2. The van der Waals surface area contributed by atoms with Crippen molar-refractivity contribution >= 4 is 16.7 Å². The van der Waals surface area contributed by atoms with Crippen LogP contribution in [0.15, 0.2) is 36.4 Å². The van der Waals surface area contributed by atoms with Crippen molar-refractivity contribution in [3.05, 3.63) is 42.0 Å². The van der Waals surface area contributed by atoms with Crippen molar-refractivity contribution < 1.29 is 36.2 Å². The first-order chi connectivity index (χ1) is 16.4. The van der Waals surface area contributed by atoms with Gasteiger partial charge in [0.15, 0.2) is 13.2 Å². The molecule has 1 atom stereocenters. The minimum Gasteiger partial charge on any atom is -0.481 e. The van der Waals surface area contributed by atoms with Crippen LogP contribution >= 0.6 is 0 Å². The second-order valence-electron chi connectivity index (χ2n) is 11.1. The van der Waals surface area contributed by atoms with Gasteiger partial charge in [0.05, 0.1) is 0 Å². The van der Waals surface area contributed by atoms with Gasteiger partial charge in [-0.3, -0.25) is 0 Å². The Morgan fingerprint density at radius 1 is 0.833 bits per heavy atom. The summed E-state index contributed by atoms with van der Waals surface area (Å²) in [7, 11) is 0. The molecule has 36 heavy (non-hydrogen) atoms. The maximum atomic E-state index is 13.0. The fraction of sp³-hybridized carbons (Fsp3) is 0.607. The van der Waals surface area contributed by atoms with E-state index in [-0.39, 0.29) is 16.2 Å². The zero-order valence-electron chi connectivity index (χ0n) is 22.1. The number of fused-ring (bicyclic) bond motifs is 1. The van der Waals surface area contributed by atoms with Gasteiger partial charge < -0.3 is 9.47 Å². The summed E-state index contributed by atoms with van der Waals surface area (Å²) < 4.78 is 72.7. The topological polar surface area (TPSA) is 35.5 Å². The molecule has 3 nitrogen and oxygen atoms in total. The van der Waals surface area contributed by atoms with Gasteiger partial charge in [0, 0.05) is 5.39 Å². The van der Waals surface area contributed by atoms with Crippen molar-refractivity contribution in [3.8, 4) is 5.75 Å². The lowest BCUT2D eigenvalue weighted by molar-refractivity contribution is -0.294. The van der Waals surface area contributed by atoms with Crippen molar-refractivity contribution in [2.75, 3.05) is 13.2 Å². The molecular formula is C28H37F5O3. The minimum atomic E-state index is -5.80. The summed E-state index contributed by atoms with van der Waals surface area (Å²) >= 11 is 0. The van der Waals surface area contributed by atoms with Gasteiger partial charge in [-0.05, 0) is 39.7 Å². The lowest BCUT2D eigenvalue weighted by Gasteiger charge is -2.49. The molecule has 0 fully saturated rings. The molecule has 202 valence electrons. The quantitative estimate of drug-likeness (QED) is 0.222. The summed E-state index contributed by atoms with van der Waals surface area (Å²) in [5.41, 5.74) is 0.936. The van der Waals surface area contributed by atoms with Crippen molar-refractivity contribution in [3.63, 3.8) is 0 Å². The fourth-order valence-corrected chi connectivity index (χ4v) is 4.49. The van der Waals surface area contributed by atoms with Gasteiger partial charge in [-0.25, -0.2) is 4.79 Å². The van der Waals surface area contributed by atoms with Crippen molar-refractivity contribution in [2.45, 2.75) is 85.2 Å². The molecule has 2 aromatic rings. The summed E-state index contributed by atoms with van der Waals surface area (Å²) in [4.78, 5) is 11.9. The molecule has 0 saturated heterocycles. The molecule has 0 heterocycles. The predicted octanol–water partition coefficient (Wildman–Crippen LogP) is 8.48. The second-order valence-corrected chi connectivity index (χ2v) is 11.1. The number of carbonyl (C=O) groups is 1. The molecule has 0 bridgehead atoms. The van der Waals surface area contributed by atoms with E-state index in [1.54, 1.807) is 12.1 Å². The largest absolute Gasteiger partial charge is 0.481 e. The Balaban J connectivity index is 2.39. The number of hydrogen-bond donors (Lipinski definition) is 0. The maximum Gasteiger partial charge on any atom is 0.456 e. The number of hydrogen-bond acceptors (Lipinski definition) is 3. The van der Waals surface area contributed by atoms with E-state index in [4.69, 9.17) is 4.74 Å². The Kier molecular flexibility index (Phi) is 8.74. The number of rotatable bonds is 11. The summed E-state index contributed by atoms with van der Waals surface area (Å²) in [5.74, 6) is -6.12. The van der Waals surface area contributed by atoms with E-state index in [9.17, 15) is 26.7 Å². The highest BCUT2D eigenvalue weighted by Crippen LogP contribution is 2.53. The predicted molar refractivity (Wildman–Crippen MR) is 132 cm³/mol. The Hall–Kier alpha value is -2.38. The molecule has 0 saturated carbocycles. The molecule has 0 aromatic heterocycles. The zero-order chi connectivity index (χ0) is 27.6. The van der Waals surface area contributed by atoms with Crippen molar-refractivity contribution in [1.82, 2.24) is 0 Å². The van der Waals surface area contributed by atoms with Gasteiger partial charge in [-0.15, -0.1) is 0 Å². The Morgan fingerprint density at radius 2 is 1.42 bits per heavy atom. The smallest absolute Gasteiger partial charge is 0.456 e. The van der Waals surface area contributed by atoms with Crippen LogP contribution in [0.2, 0.25) is 0 Å². The third-order valence-electron chi connectivity index (χ3n) is 7.82. The van der Waals surface area contributed by atoms with E-state index in [1.165, 1.54) is 0 Å². The molecule has 0 aliphatic carbocycles. The van der Waals surface area contributed by atoms with Gasteiger partial charge >= 0.3 is 18.1 Å². The molecule has 0 amide bonds. The molecule has 0 spiro atoms. The molecular weight excluding hydrogens is 479 g/mol. The fourth-order valence-electron chi connectivity index (χ4n) is 4.49. The van der Waals surface area contributed by atoms with E-state index < -0.39 is 31.3 Å². The lowest BCUT2D eigenvalue weighted by atomic mass is 9.55. The van der Waals surface area contributed by atoms with E-state index in [1.807, 2.05) is 18.2 Å². The minimum absolute atomic E-state index is 0.0574.